The van der Waals surface area contributed by atoms with Gasteiger partial charge in [0, 0.05) is 6.04 Å². The number of benzene rings is 1. The van der Waals surface area contributed by atoms with Crippen LogP contribution in [0.4, 0.5) is 0 Å². The molecule has 1 fully saturated rings. The van der Waals surface area contributed by atoms with E-state index in [1.54, 1.807) is 0 Å². The number of amides is 1. The lowest BCUT2D eigenvalue weighted by Gasteiger charge is -2.17. The first-order valence-electron chi connectivity index (χ1n) is 6.27. The van der Waals surface area contributed by atoms with E-state index in [1.807, 2.05) is 37.3 Å². The summed E-state index contributed by atoms with van der Waals surface area (Å²) in [6.45, 7) is 2.05. The molecule has 2 unspecified atom stereocenters. The molecule has 0 radical (unpaired) electrons. The predicted molar refractivity (Wildman–Crippen MR) is 68.3 cm³/mol. The number of rotatable bonds is 5. The first-order valence-corrected chi connectivity index (χ1v) is 6.27. The molecule has 0 spiro atoms. The molecule has 17 heavy (non-hydrogen) atoms. The van der Waals surface area contributed by atoms with Crippen LogP contribution in [0.3, 0.4) is 0 Å². The average molecular weight is 232 g/mol. The molecule has 0 aromatic heterocycles. The smallest absolute Gasteiger partial charge is 0.241 e. The van der Waals surface area contributed by atoms with Gasteiger partial charge in [0.1, 0.15) is 6.04 Å². The van der Waals surface area contributed by atoms with E-state index in [4.69, 9.17) is 5.73 Å². The molecule has 1 aromatic rings. The molecule has 0 heterocycles. The van der Waals surface area contributed by atoms with Crippen LogP contribution in [0.5, 0.6) is 0 Å². The van der Waals surface area contributed by atoms with Crippen molar-refractivity contribution in [2.24, 2.45) is 11.7 Å². The topological polar surface area (TPSA) is 55.1 Å². The Labute approximate surface area is 102 Å². The van der Waals surface area contributed by atoms with Crippen LogP contribution in [0.25, 0.3) is 0 Å². The zero-order valence-corrected chi connectivity index (χ0v) is 10.2. The molecule has 1 aliphatic rings. The SMILES string of the molecule is CC(CC1CC1)NC(=O)C(N)c1ccccc1. The Kier molecular flexibility index (Phi) is 3.79. The zero-order valence-electron chi connectivity index (χ0n) is 10.2. The Hall–Kier alpha value is -1.35. The van der Waals surface area contributed by atoms with Crippen LogP contribution in [-0.4, -0.2) is 11.9 Å². The van der Waals surface area contributed by atoms with Gasteiger partial charge in [0.25, 0.3) is 0 Å². The minimum Gasteiger partial charge on any atom is -0.352 e. The van der Waals surface area contributed by atoms with Gasteiger partial charge in [-0.25, -0.2) is 0 Å². The quantitative estimate of drug-likeness (QED) is 0.815. The lowest BCUT2D eigenvalue weighted by molar-refractivity contribution is -0.123. The number of carbonyl (C=O) groups is 1. The fourth-order valence-corrected chi connectivity index (χ4v) is 2.06. The fourth-order valence-electron chi connectivity index (χ4n) is 2.06. The minimum absolute atomic E-state index is 0.0793. The van der Waals surface area contributed by atoms with E-state index in [1.165, 1.54) is 12.8 Å². The van der Waals surface area contributed by atoms with Crippen molar-refractivity contribution in [2.75, 3.05) is 0 Å². The molecular formula is C14H20N2O. The summed E-state index contributed by atoms with van der Waals surface area (Å²) in [7, 11) is 0. The van der Waals surface area contributed by atoms with Gasteiger partial charge in [-0.05, 0) is 24.8 Å². The Bertz CT molecular complexity index is 373. The van der Waals surface area contributed by atoms with Crippen LogP contribution in [0.2, 0.25) is 0 Å². The number of nitrogens with two attached hydrogens (primary N) is 1. The van der Waals surface area contributed by atoms with Gasteiger partial charge in [0.2, 0.25) is 5.91 Å². The largest absolute Gasteiger partial charge is 0.352 e. The molecular weight excluding hydrogens is 212 g/mol. The molecule has 2 atom stereocenters. The van der Waals surface area contributed by atoms with Crippen LogP contribution >= 0.6 is 0 Å². The van der Waals surface area contributed by atoms with Crippen molar-refractivity contribution in [3.63, 3.8) is 0 Å². The van der Waals surface area contributed by atoms with Crippen molar-refractivity contribution in [1.29, 1.82) is 0 Å². The van der Waals surface area contributed by atoms with E-state index < -0.39 is 6.04 Å². The van der Waals surface area contributed by atoms with Gasteiger partial charge in [-0.1, -0.05) is 43.2 Å². The van der Waals surface area contributed by atoms with E-state index in [-0.39, 0.29) is 11.9 Å². The van der Waals surface area contributed by atoms with Gasteiger partial charge in [-0.15, -0.1) is 0 Å². The molecule has 3 nitrogen and oxygen atoms in total. The van der Waals surface area contributed by atoms with E-state index in [0.29, 0.717) is 0 Å². The summed E-state index contributed by atoms with van der Waals surface area (Å²) in [6.07, 6.45) is 3.70. The van der Waals surface area contributed by atoms with Crippen LogP contribution in [-0.2, 0) is 4.79 Å². The van der Waals surface area contributed by atoms with Gasteiger partial charge in [0.15, 0.2) is 0 Å². The Morgan fingerprint density at radius 3 is 2.65 bits per heavy atom. The highest BCUT2D eigenvalue weighted by atomic mass is 16.2. The molecule has 1 aliphatic carbocycles. The molecule has 0 aliphatic heterocycles. The summed E-state index contributed by atoms with van der Waals surface area (Å²) in [5, 5.41) is 2.99. The Balaban J connectivity index is 1.86. The maximum absolute atomic E-state index is 11.9. The molecule has 0 bridgehead atoms. The Morgan fingerprint density at radius 1 is 1.41 bits per heavy atom. The molecule has 1 amide bonds. The third-order valence-corrected chi connectivity index (χ3v) is 3.21. The van der Waals surface area contributed by atoms with Crippen molar-refractivity contribution in [2.45, 2.75) is 38.3 Å². The molecule has 1 saturated carbocycles. The highest BCUT2D eigenvalue weighted by molar-refractivity contribution is 5.83. The lowest BCUT2D eigenvalue weighted by atomic mass is 10.1. The normalized spacial score (nSPS) is 18.5. The second kappa shape index (κ2) is 5.32. The summed E-state index contributed by atoms with van der Waals surface area (Å²) in [5.41, 5.74) is 6.79. The number of nitrogens with one attached hydrogen (secondary N) is 1. The second-order valence-corrected chi connectivity index (χ2v) is 4.98. The average Bonchev–Trinajstić information content (AvgIpc) is 3.12. The Morgan fingerprint density at radius 2 is 2.06 bits per heavy atom. The van der Waals surface area contributed by atoms with Crippen molar-refractivity contribution >= 4 is 5.91 Å². The third-order valence-electron chi connectivity index (χ3n) is 3.21. The van der Waals surface area contributed by atoms with E-state index in [2.05, 4.69) is 5.32 Å². The van der Waals surface area contributed by atoms with Gasteiger partial charge in [0.05, 0.1) is 0 Å². The van der Waals surface area contributed by atoms with Crippen molar-refractivity contribution < 1.29 is 4.79 Å². The number of hydrogen-bond acceptors (Lipinski definition) is 2. The van der Waals surface area contributed by atoms with Gasteiger partial charge in [-0.3, -0.25) is 4.79 Å². The third kappa shape index (κ3) is 3.56. The highest BCUT2D eigenvalue weighted by Gasteiger charge is 2.25. The van der Waals surface area contributed by atoms with Crippen molar-refractivity contribution in [1.82, 2.24) is 5.32 Å². The van der Waals surface area contributed by atoms with E-state index in [0.717, 1.165) is 17.9 Å². The summed E-state index contributed by atoms with van der Waals surface area (Å²) < 4.78 is 0. The molecule has 92 valence electrons. The van der Waals surface area contributed by atoms with Gasteiger partial charge in [-0.2, -0.15) is 0 Å². The van der Waals surface area contributed by atoms with Gasteiger partial charge < -0.3 is 11.1 Å². The van der Waals surface area contributed by atoms with Gasteiger partial charge >= 0.3 is 0 Å². The predicted octanol–water partition coefficient (Wildman–Crippen LogP) is 1.99. The summed E-state index contributed by atoms with van der Waals surface area (Å²) in [4.78, 5) is 11.9. The van der Waals surface area contributed by atoms with E-state index in [9.17, 15) is 4.79 Å². The van der Waals surface area contributed by atoms with Crippen molar-refractivity contribution in [3.8, 4) is 0 Å². The fraction of sp³-hybridized carbons (Fsp3) is 0.500. The molecule has 3 N–H and O–H groups in total. The first kappa shape index (κ1) is 12.1. The highest BCUT2D eigenvalue weighted by Crippen LogP contribution is 2.33. The van der Waals surface area contributed by atoms with E-state index >= 15 is 0 Å². The van der Waals surface area contributed by atoms with Crippen LogP contribution in [0.15, 0.2) is 30.3 Å². The summed E-state index contributed by atoms with van der Waals surface area (Å²) in [6, 6.07) is 9.16. The molecule has 0 saturated heterocycles. The first-order chi connectivity index (χ1) is 8.16. The number of carbonyl (C=O) groups excluding carboxylic acids is 1. The lowest BCUT2D eigenvalue weighted by Crippen LogP contribution is -2.39. The summed E-state index contributed by atoms with van der Waals surface area (Å²) >= 11 is 0. The van der Waals surface area contributed by atoms with Crippen LogP contribution < -0.4 is 11.1 Å². The van der Waals surface area contributed by atoms with Crippen LogP contribution in [0, 0.1) is 5.92 Å². The molecule has 2 rings (SSSR count). The zero-order chi connectivity index (χ0) is 12.3. The molecule has 3 heteroatoms. The standard InChI is InChI=1S/C14H20N2O/c1-10(9-11-7-8-11)16-14(17)13(15)12-5-3-2-4-6-12/h2-6,10-11,13H,7-9,15H2,1H3,(H,16,17). The van der Waals surface area contributed by atoms with Crippen molar-refractivity contribution in [3.05, 3.63) is 35.9 Å². The summed E-state index contributed by atoms with van der Waals surface area (Å²) in [5.74, 6) is 0.739. The number of hydrogen-bond donors (Lipinski definition) is 2. The molecule has 1 aromatic carbocycles. The maximum Gasteiger partial charge on any atom is 0.241 e. The maximum atomic E-state index is 11.9. The van der Waals surface area contributed by atoms with Crippen LogP contribution in [0.1, 0.15) is 37.8 Å². The second-order valence-electron chi connectivity index (χ2n) is 4.98. The minimum atomic E-state index is -0.558. The monoisotopic (exact) mass is 232 g/mol.